The first-order valence-electron chi connectivity index (χ1n) is 8.64. The minimum Gasteiger partial charge on any atom is -0.506 e. The van der Waals surface area contributed by atoms with E-state index in [1.807, 2.05) is 4.90 Å². The third-order valence-electron chi connectivity index (χ3n) is 4.81. The van der Waals surface area contributed by atoms with Gasteiger partial charge in [-0.05, 0) is 30.5 Å². The smallest absolute Gasteiger partial charge is 0.317 e. The zero-order chi connectivity index (χ0) is 18.7. The summed E-state index contributed by atoms with van der Waals surface area (Å²) in [6, 6.07) is 6.29. The monoisotopic (exact) mass is 361 g/mol. The number of carboxylic acid groups (broad SMARTS) is 1. The molecule has 140 valence electrons. The van der Waals surface area contributed by atoms with Crippen molar-refractivity contribution in [3.8, 4) is 5.75 Å². The lowest BCUT2D eigenvalue weighted by Crippen LogP contribution is -2.45. The fourth-order valence-corrected chi connectivity index (χ4v) is 3.42. The fourth-order valence-electron chi connectivity index (χ4n) is 3.42. The van der Waals surface area contributed by atoms with Crippen molar-refractivity contribution in [1.29, 1.82) is 0 Å². The summed E-state index contributed by atoms with van der Waals surface area (Å²) in [6.07, 6.45) is 0.855. The van der Waals surface area contributed by atoms with Crippen LogP contribution in [-0.4, -0.2) is 63.4 Å². The highest BCUT2D eigenvalue weighted by molar-refractivity contribution is 5.87. The summed E-state index contributed by atoms with van der Waals surface area (Å²) >= 11 is 0. The van der Waals surface area contributed by atoms with Gasteiger partial charge in [0.25, 0.3) is 0 Å². The van der Waals surface area contributed by atoms with Gasteiger partial charge >= 0.3 is 5.97 Å². The van der Waals surface area contributed by atoms with E-state index >= 15 is 0 Å². The van der Waals surface area contributed by atoms with E-state index in [-0.39, 0.29) is 23.9 Å². The third-order valence-corrected chi connectivity index (χ3v) is 4.81. The lowest BCUT2D eigenvalue weighted by Gasteiger charge is -2.31. The van der Waals surface area contributed by atoms with Gasteiger partial charge in [0.1, 0.15) is 5.75 Å². The molecule has 3 rings (SSSR count). The molecule has 5 N–H and O–H groups in total. The lowest BCUT2D eigenvalue weighted by molar-refractivity contribution is -0.138. The molecule has 0 saturated carbocycles. The summed E-state index contributed by atoms with van der Waals surface area (Å²) in [6.45, 7) is 1.82. The number of rotatable bonds is 6. The van der Waals surface area contributed by atoms with Gasteiger partial charge in [-0.25, -0.2) is 0 Å². The minimum absolute atomic E-state index is 0.0348. The first-order valence-corrected chi connectivity index (χ1v) is 8.64. The molecule has 1 aliphatic heterocycles. The molecular formula is C18H23N3O5. The maximum atomic E-state index is 11.5. The van der Waals surface area contributed by atoms with Crippen molar-refractivity contribution in [1.82, 2.24) is 15.2 Å². The molecule has 1 aliphatic rings. The first kappa shape index (κ1) is 18.4. The van der Waals surface area contributed by atoms with Crippen LogP contribution < -0.4 is 10.9 Å². The number of phenols is 1. The molecule has 2 aromatic rings. The van der Waals surface area contributed by atoms with Crippen molar-refractivity contribution in [3.05, 3.63) is 40.2 Å². The topological polar surface area (TPSA) is 126 Å². The molecular weight excluding hydrogens is 338 g/mol. The van der Waals surface area contributed by atoms with Gasteiger partial charge in [-0.15, -0.1) is 0 Å². The van der Waals surface area contributed by atoms with Crippen molar-refractivity contribution >= 4 is 16.9 Å². The Labute approximate surface area is 150 Å². The van der Waals surface area contributed by atoms with Crippen molar-refractivity contribution < 1.29 is 20.1 Å². The van der Waals surface area contributed by atoms with E-state index in [1.54, 1.807) is 12.1 Å². The van der Waals surface area contributed by atoms with Crippen molar-refractivity contribution in [2.24, 2.45) is 0 Å². The molecule has 0 radical (unpaired) electrons. The molecule has 0 bridgehead atoms. The van der Waals surface area contributed by atoms with Crippen molar-refractivity contribution in [2.75, 3.05) is 26.2 Å². The van der Waals surface area contributed by atoms with Crippen LogP contribution in [0.4, 0.5) is 0 Å². The highest BCUT2D eigenvalue weighted by atomic mass is 16.4. The average Bonchev–Trinajstić information content (AvgIpc) is 2.61. The Morgan fingerprint density at radius 3 is 2.69 bits per heavy atom. The second-order valence-corrected chi connectivity index (χ2v) is 6.65. The van der Waals surface area contributed by atoms with E-state index in [9.17, 15) is 19.8 Å². The SMILES string of the molecule is O=C(O)CN1CCC(NC[C@@H](O)c2ccc(O)c3[nH]c(=O)ccc23)CC1. The number of phenolic OH excluding ortho intramolecular Hbond substituents is 1. The summed E-state index contributed by atoms with van der Waals surface area (Å²) in [4.78, 5) is 26.7. The van der Waals surface area contributed by atoms with Crippen LogP contribution in [0.25, 0.3) is 10.9 Å². The Morgan fingerprint density at radius 1 is 1.27 bits per heavy atom. The molecule has 0 amide bonds. The maximum Gasteiger partial charge on any atom is 0.317 e. The van der Waals surface area contributed by atoms with E-state index < -0.39 is 12.1 Å². The Kier molecular flexibility index (Phi) is 5.55. The molecule has 0 aliphatic carbocycles. The molecule has 0 spiro atoms. The number of nitrogens with one attached hydrogen (secondary N) is 2. The highest BCUT2D eigenvalue weighted by Gasteiger charge is 2.21. The second kappa shape index (κ2) is 7.86. The number of aliphatic hydroxyl groups is 1. The summed E-state index contributed by atoms with van der Waals surface area (Å²) in [5.41, 5.74) is 0.631. The van der Waals surface area contributed by atoms with Crippen LogP contribution in [0.15, 0.2) is 29.1 Å². The Morgan fingerprint density at radius 2 is 2.00 bits per heavy atom. The van der Waals surface area contributed by atoms with Crippen LogP contribution in [0.2, 0.25) is 0 Å². The standard InChI is InChI=1S/C18H23N3O5/c22-14-3-1-12(13-2-4-16(24)20-18(13)14)15(23)9-19-11-5-7-21(8-6-11)10-17(25)26/h1-4,11,15,19,22-23H,5-10H2,(H,20,24)(H,25,26)/t15-/m1/s1. The molecule has 1 atom stereocenters. The summed E-state index contributed by atoms with van der Waals surface area (Å²) in [5, 5.41) is 33.2. The normalized spacial score (nSPS) is 17.4. The van der Waals surface area contributed by atoms with Crippen molar-refractivity contribution in [2.45, 2.75) is 25.0 Å². The predicted molar refractivity (Wildman–Crippen MR) is 96.3 cm³/mol. The molecule has 1 saturated heterocycles. The Bertz CT molecular complexity index is 842. The number of fused-ring (bicyclic) bond motifs is 1. The number of aromatic hydroxyl groups is 1. The van der Waals surface area contributed by atoms with Gasteiger partial charge in [0.15, 0.2) is 0 Å². The van der Waals surface area contributed by atoms with E-state index in [0.717, 1.165) is 12.8 Å². The van der Waals surface area contributed by atoms with Gasteiger partial charge in [0, 0.05) is 37.1 Å². The van der Waals surface area contributed by atoms with Gasteiger partial charge < -0.3 is 25.6 Å². The third kappa shape index (κ3) is 4.21. The summed E-state index contributed by atoms with van der Waals surface area (Å²) in [5.74, 6) is -0.850. The van der Waals surface area contributed by atoms with Crippen molar-refractivity contribution in [3.63, 3.8) is 0 Å². The van der Waals surface area contributed by atoms with E-state index in [1.165, 1.54) is 12.1 Å². The van der Waals surface area contributed by atoms with Crippen LogP contribution in [0, 0.1) is 0 Å². The number of likely N-dealkylation sites (tertiary alicyclic amines) is 1. The van der Waals surface area contributed by atoms with Gasteiger partial charge in [0.05, 0.1) is 18.2 Å². The zero-order valence-electron chi connectivity index (χ0n) is 14.3. The highest BCUT2D eigenvalue weighted by Crippen LogP contribution is 2.28. The number of pyridine rings is 1. The number of carboxylic acids is 1. The molecule has 1 fully saturated rings. The molecule has 8 heteroatoms. The second-order valence-electron chi connectivity index (χ2n) is 6.65. The predicted octanol–water partition coefficient (Wildman–Crippen LogP) is 0.406. The number of benzene rings is 1. The van der Waals surface area contributed by atoms with Crippen LogP contribution in [0.3, 0.4) is 0 Å². The van der Waals surface area contributed by atoms with E-state index in [4.69, 9.17) is 5.11 Å². The van der Waals surface area contributed by atoms with Crippen LogP contribution in [0.5, 0.6) is 5.75 Å². The molecule has 2 heterocycles. The molecule has 0 unspecified atom stereocenters. The maximum absolute atomic E-state index is 11.5. The van der Waals surface area contributed by atoms with Gasteiger partial charge in [0.2, 0.25) is 5.56 Å². The quantitative estimate of drug-likeness (QED) is 0.504. The largest absolute Gasteiger partial charge is 0.506 e. The molecule has 8 nitrogen and oxygen atoms in total. The summed E-state index contributed by atoms with van der Waals surface area (Å²) < 4.78 is 0. The average molecular weight is 361 g/mol. The van der Waals surface area contributed by atoms with Crippen LogP contribution in [0.1, 0.15) is 24.5 Å². The number of hydrogen-bond acceptors (Lipinski definition) is 6. The number of H-pyrrole nitrogens is 1. The first-order chi connectivity index (χ1) is 12.4. The molecule has 26 heavy (non-hydrogen) atoms. The fraction of sp³-hybridized carbons (Fsp3) is 0.444. The van der Waals surface area contributed by atoms with E-state index in [0.29, 0.717) is 36.1 Å². The lowest BCUT2D eigenvalue weighted by atomic mass is 10.0. The Balaban J connectivity index is 1.62. The number of aliphatic carboxylic acids is 1. The number of aliphatic hydroxyl groups excluding tert-OH is 1. The number of aromatic nitrogens is 1. The van der Waals surface area contributed by atoms with Gasteiger partial charge in [-0.1, -0.05) is 6.07 Å². The summed E-state index contributed by atoms with van der Waals surface area (Å²) in [7, 11) is 0. The van der Waals surface area contributed by atoms with E-state index in [2.05, 4.69) is 10.3 Å². The Hall–Kier alpha value is -2.42. The number of hydrogen-bond donors (Lipinski definition) is 5. The van der Waals surface area contributed by atoms with Crippen LogP contribution >= 0.6 is 0 Å². The zero-order valence-corrected chi connectivity index (χ0v) is 14.3. The minimum atomic E-state index is -0.816. The van der Waals surface area contributed by atoms with Gasteiger partial charge in [-0.3, -0.25) is 14.5 Å². The molecule has 1 aromatic heterocycles. The molecule has 1 aromatic carbocycles. The van der Waals surface area contributed by atoms with Gasteiger partial charge in [-0.2, -0.15) is 0 Å². The number of piperidine rings is 1. The number of nitrogens with zero attached hydrogens (tertiary/aromatic N) is 1. The van der Waals surface area contributed by atoms with Crippen LogP contribution in [-0.2, 0) is 4.79 Å². The number of aromatic amines is 1. The number of carbonyl (C=O) groups is 1.